The van der Waals surface area contributed by atoms with Gasteiger partial charge in [0.25, 0.3) is 0 Å². The molecule has 1 aromatic rings. The predicted molar refractivity (Wildman–Crippen MR) is 70.1 cm³/mol. The van der Waals surface area contributed by atoms with Crippen molar-refractivity contribution in [3.05, 3.63) is 24.3 Å². The standard InChI is InChI=1S/C11H16N2O4S/c1-8(2)18(15,16)13-10-6-4-5-9(7-10)12-11(14)17-3/h4-8,13H,1-3H3,(H,12,14). The largest absolute Gasteiger partial charge is 0.453 e. The highest BCUT2D eigenvalue weighted by Gasteiger charge is 2.15. The molecule has 0 atom stereocenters. The van der Waals surface area contributed by atoms with Crippen molar-refractivity contribution in [1.29, 1.82) is 0 Å². The summed E-state index contributed by atoms with van der Waals surface area (Å²) >= 11 is 0. The van der Waals surface area contributed by atoms with Crippen LogP contribution in [0.3, 0.4) is 0 Å². The summed E-state index contributed by atoms with van der Waals surface area (Å²) < 4.78 is 30.2. The average Bonchev–Trinajstić information content (AvgIpc) is 2.28. The predicted octanol–water partition coefficient (Wildman–Crippen LogP) is 2.01. The number of hydrogen-bond acceptors (Lipinski definition) is 4. The summed E-state index contributed by atoms with van der Waals surface area (Å²) in [6.07, 6.45) is -0.612. The van der Waals surface area contributed by atoms with Crippen LogP contribution in [0.5, 0.6) is 0 Å². The second kappa shape index (κ2) is 5.72. The van der Waals surface area contributed by atoms with E-state index in [4.69, 9.17) is 0 Å². The van der Waals surface area contributed by atoms with Gasteiger partial charge < -0.3 is 4.74 Å². The smallest absolute Gasteiger partial charge is 0.411 e. The number of carbonyl (C=O) groups excluding carboxylic acids is 1. The summed E-state index contributed by atoms with van der Waals surface area (Å²) in [6, 6.07) is 6.37. The maximum atomic E-state index is 11.7. The van der Waals surface area contributed by atoms with Crippen LogP contribution in [0.1, 0.15) is 13.8 Å². The fraction of sp³-hybridized carbons (Fsp3) is 0.364. The highest BCUT2D eigenvalue weighted by Crippen LogP contribution is 2.17. The Balaban J connectivity index is 2.86. The molecule has 6 nitrogen and oxygen atoms in total. The number of rotatable bonds is 4. The van der Waals surface area contributed by atoms with E-state index in [1.165, 1.54) is 13.2 Å². The minimum absolute atomic E-state index is 0.387. The van der Waals surface area contributed by atoms with Crippen LogP contribution >= 0.6 is 0 Å². The van der Waals surface area contributed by atoms with Gasteiger partial charge in [-0.05, 0) is 32.0 Å². The highest BCUT2D eigenvalue weighted by molar-refractivity contribution is 7.93. The first-order valence-corrected chi connectivity index (χ1v) is 6.86. The third kappa shape index (κ3) is 3.92. The Morgan fingerprint density at radius 1 is 1.28 bits per heavy atom. The summed E-state index contributed by atoms with van der Waals surface area (Å²) in [5.74, 6) is 0. The van der Waals surface area contributed by atoms with Crippen molar-refractivity contribution in [3.63, 3.8) is 0 Å². The molecule has 0 unspecified atom stereocenters. The van der Waals surface area contributed by atoms with Gasteiger partial charge in [-0.1, -0.05) is 6.07 Å². The number of hydrogen-bond donors (Lipinski definition) is 2. The molecule has 0 heterocycles. The Morgan fingerprint density at radius 3 is 2.44 bits per heavy atom. The van der Waals surface area contributed by atoms with E-state index in [2.05, 4.69) is 14.8 Å². The fourth-order valence-corrected chi connectivity index (χ4v) is 1.80. The van der Waals surface area contributed by atoms with Crippen LogP contribution in [0.2, 0.25) is 0 Å². The van der Waals surface area contributed by atoms with E-state index in [9.17, 15) is 13.2 Å². The Labute approximate surface area is 106 Å². The minimum atomic E-state index is -3.40. The molecule has 7 heteroatoms. The SMILES string of the molecule is COC(=O)Nc1cccc(NS(=O)(=O)C(C)C)c1. The molecule has 0 aliphatic carbocycles. The van der Waals surface area contributed by atoms with E-state index >= 15 is 0 Å². The summed E-state index contributed by atoms with van der Waals surface area (Å²) in [7, 11) is -2.15. The zero-order valence-electron chi connectivity index (χ0n) is 10.4. The molecule has 0 aromatic heterocycles. The van der Waals surface area contributed by atoms with E-state index in [1.807, 2.05) is 0 Å². The topological polar surface area (TPSA) is 84.5 Å². The van der Waals surface area contributed by atoms with Crippen molar-refractivity contribution in [3.8, 4) is 0 Å². The number of carbonyl (C=O) groups is 1. The number of nitrogens with one attached hydrogen (secondary N) is 2. The normalized spacial score (nSPS) is 11.1. The van der Waals surface area contributed by atoms with Gasteiger partial charge in [-0.15, -0.1) is 0 Å². The molecular formula is C11H16N2O4S. The van der Waals surface area contributed by atoms with Crippen molar-refractivity contribution < 1.29 is 17.9 Å². The molecule has 0 aliphatic rings. The van der Waals surface area contributed by atoms with Crippen LogP contribution in [0.25, 0.3) is 0 Å². The monoisotopic (exact) mass is 272 g/mol. The molecule has 0 fully saturated rings. The number of benzene rings is 1. The molecule has 18 heavy (non-hydrogen) atoms. The average molecular weight is 272 g/mol. The van der Waals surface area contributed by atoms with Gasteiger partial charge in [0, 0.05) is 5.69 Å². The molecule has 1 rings (SSSR count). The lowest BCUT2D eigenvalue weighted by Crippen LogP contribution is -2.22. The lowest BCUT2D eigenvalue weighted by Gasteiger charge is -2.11. The van der Waals surface area contributed by atoms with Gasteiger partial charge in [0.05, 0.1) is 18.0 Å². The zero-order valence-corrected chi connectivity index (χ0v) is 11.2. The summed E-state index contributed by atoms with van der Waals surface area (Å²) in [5, 5.41) is 1.92. The second-order valence-electron chi connectivity index (χ2n) is 3.89. The van der Waals surface area contributed by atoms with Crippen molar-refractivity contribution in [2.24, 2.45) is 0 Å². The summed E-state index contributed by atoms with van der Waals surface area (Å²) in [4.78, 5) is 11.0. The molecule has 1 aromatic carbocycles. The van der Waals surface area contributed by atoms with Crippen LogP contribution in [0, 0.1) is 0 Å². The number of methoxy groups -OCH3 is 1. The number of ether oxygens (including phenoxy) is 1. The van der Waals surface area contributed by atoms with Gasteiger partial charge >= 0.3 is 6.09 Å². The quantitative estimate of drug-likeness (QED) is 0.878. The number of anilines is 2. The van der Waals surface area contributed by atoms with Crippen LogP contribution in [-0.2, 0) is 14.8 Å². The Kier molecular flexibility index (Phi) is 4.55. The second-order valence-corrected chi connectivity index (χ2v) is 6.13. The molecule has 0 radical (unpaired) electrons. The van der Waals surface area contributed by atoms with Crippen LogP contribution in [-0.4, -0.2) is 26.9 Å². The molecule has 100 valence electrons. The Morgan fingerprint density at radius 2 is 1.89 bits per heavy atom. The van der Waals surface area contributed by atoms with Gasteiger partial charge in [0.15, 0.2) is 0 Å². The van der Waals surface area contributed by atoms with Gasteiger partial charge in [0.1, 0.15) is 0 Å². The lowest BCUT2D eigenvalue weighted by molar-refractivity contribution is 0.187. The van der Waals surface area contributed by atoms with Crippen LogP contribution < -0.4 is 10.0 Å². The Bertz CT molecular complexity index is 526. The molecule has 0 saturated heterocycles. The van der Waals surface area contributed by atoms with E-state index in [0.717, 1.165) is 0 Å². The molecule has 1 amide bonds. The Hall–Kier alpha value is -1.76. The number of sulfonamides is 1. The van der Waals surface area contributed by atoms with E-state index in [-0.39, 0.29) is 0 Å². The van der Waals surface area contributed by atoms with Crippen LogP contribution in [0.15, 0.2) is 24.3 Å². The molecule has 2 N–H and O–H groups in total. The molecule has 0 aliphatic heterocycles. The van der Waals surface area contributed by atoms with Crippen molar-refractivity contribution >= 4 is 27.5 Å². The van der Waals surface area contributed by atoms with Crippen molar-refractivity contribution in [2.75, 3.05) is 17.1 Å². The zero-order chi connectivity index (χ0) is 13.8. The third-order valence-corrected chi connectivity index (χ3v) is 3.94. The van der Waals surface area contributed by atoms with Gasteiger partial charge in [0.2, 0.25) is 10.0 Å². The molecule has 0 spiro atoms. The van der Waals surface area contributed by atoms with E-state index in [1.54, 1.807) is 32.0 Å². The minimum Gasteiger partial charge on any atom is -0.453 e. The van der Waals surface area contributed by atoms with Crippen LogP contribution in [0.4, 0.5) is 16.2 Å². The fourth-order valence-electron chi connectivity index (χ4n) is 1.11. The first kappa shape index (κ1) is 14.3. The molecule has 0 bridgehead atoms. The van der Waals surface area contributed by atoms with E-state index < -0.39 is 21.4 Å². The van der Waals surface area contributed by atoms with Gasteiger partial charge in [-0.3, -0.25) is 10.0 Å². The highest BCUT2D eigenvalue weighted by atomic mass is 32.2. The van der Waals surface area contributed by atoms with Crippen molar-refractivity contribution in [1.82, 2.24) is 0 Å². The van der Waals surface area contributed by atoms with Crippen molar-refractivity contribution in [2.45, 2.75) is 19.1 Å². The first-order chi connectivity index (χ1) is 8.35. The summed E-state index contributed by atoms with van der Waals surface area (Å²) in [6.45, 7) is 3.16. The molecular weight excluding hydrogens is 256 g/mol. The maximum absolute atomic E-state index is 11.7. The van der Waals surface area contributed by atoms with Gasteiger partial charge in [-0.25, -0.2) is 13.2 Å². The van der Waals surface area contributed by atoms with Gasteiger partial charge in [-0.2, -0.15) is 0 Å². The lowest BCUT2D eigenvalue weighted by atomic mass is 10.3. The van der Waals surface area contributed by atoms with E-state index in [0.29, 0.717) is 11.4 Å². The summed E-state index contributed by atoms with van der Waals surface area (Å²) in [5.41, 5.74) is 0.836. The maximum Gasteiger partial charge on any atom is 0.411 e. The first-order valence-electron chi connectivity index (χ1n) is 5.32. The number of amides is 1. The third-order valence-electron chi connectivity index (χ3n) is 2.18. The molecule has 0 saturated carbocycles.